The Balaban J connectivity index is 5.03. The number of carboxylic acid groups (broad SMARTS) is 1. The summed E-state index contributed by atoms with van der Waals surface area (Å²) in [7, 11) is 0. The molecule has 0 aliphatic rings. The van der Waals surface area contributed by atoms with E-state index in [0.717, 1.165) is 6.92 Å². The number of ether oxygens (including phenoxy) is 1. The Labute approximate surface area is 101 Å². The Bertz CT molecular complexity index is 310. The summed E-state index contributed by atoms with van der Waals surface area (Å²) in [5, 5.41) is 9.10. The van der Waals surface area contributed by atoms with Gasteiger partial charge in [0, 0.05) is 0 Å². The predicted molar refractivity (Wildman–Crippen MR) is 61.8 cm³/mol. The molecule has 0 saturated heterocycles. The van der Waals surface area contributed by atoms with E-state index < -0.39 is 28.6 Å². The van der Waals surface area contributed by atoms with Crippen LogP contribution in [0.2, 0.25) is 0 Å². The van der Waals surface area contributed by atoms with E-state index in [2.05, 4.69) is 0 Å². The van der Waals surface area contributed by atoms with Crippen LogP contribution in [0.25, 0.3) is 0 Å². The number of aliphatic carboxylic acids is 1. The van der Waals surface area contributed by atoms with Crippen LogP contribution in [-0.4, -0.2) is 34.9 Å². The molecule has 0 amide bonds. The highest BCUT2D eigenvalue weighted by molar-refractivity contribution is 6.21. The second kappa shape index (κ2) is 5.40. The second-order valence-corrected chi connectivity index (χ2v) is 4.94. The van der Waals surface area contributed by atoms with Gasteiger partial charge >= 0.3 is 5.97 Å². The van der Waals surface area contributed by atoms with Crippen LogP contribution < -0.4 is 0 Å². The van der Waals surface area contributed by atoms with Crippen LogP contribution in [0.1, 0.15) is 41.0 Å². The van der Waals surface area contributed by atoms with E-state index in [1.54, 1.807) is 20.8 Å². The molecule has 0 aromatic rings. The molecule has 0 aromatic carbocycles. The quantitative estimate of drug-likeness (QED) is 0.715. The molecule has 0 aromatic heterocycles. The van der Waals surface area contributed by atoms with Crippen molar-refractivity contribution < 1.29 is 24.2 Å². The van der Waals surface area contributed by atoms with E-state index in [1.807, 2.05) is 0 Å². The highest BCUT2D eigenvalue weighted by Gasteiger charge is 2.48. The summed E-state index contributed by atoms with van der Waals surface area (Å²) in [4.78, 5) is 34.5. The third-order valence-corrected chi connectivity index (χ3v) is 2.61. The maximum Gasteiger partial charge on any atom is 0.324 e. The molecule has 98 valence electrons. The highest BCUT2D eigenvalue weighted by Crippen LogP contribution is 2.26. The molecule has 0 radical (unpaired) electrons. The van der Waals surface area contributed by atoms with Gasteiger partial charge in [-0.3, -0.25) is 14.4 Å². The molecular weight excluding hydrogens is 224 g/mol. The number of carbonyl (C=O) groups is 3. The zero-order valence-corrected chi connectivity index (χ0v) is 11.0. The van der Waals surface area contributed by atoms with Crippen molar-refractivity contribution in [2.45, 2.75) is 46.6 Å². The lowest BCUT2D eigenvalue weighted by Crippen LogP contribution is -2.47. The lowest BCUT2D eigenvalue weighted by molar-refractivity contribution is -0.162. The number of hydrogen-bond acceptors (Lipinski definition) is 4. The molecule has 0 rings (SSSR count). The Morgan fingerprint density at radius 2 is 1.65 bits per heavy atom. The fourth-order valence-electron chi connectivity index (χ4n) is 1.47. The number of rotatable bonds is 6. The van der Waals surface area contributed by atoms with Crippen molar-refractivity contribution in [1.29, 1.82) is 0 Å². The maximum absolute atomic E-state index is 11.9. The maximum atomic E-state index is 11.9. The minimum absolute atomic E-state index is 0.0655. The van der Waals surface area contributed by atoms with Crippen molar-refractivity contribution in [3.63, 3.8) is 0 Å². The fourth-order valence-corrected chi connectivity index (χ4v) is 1.47. The molecule has 1 unspecified atom stereocenters. The summed E-state index contributed by atoms with van der Waals surface area (Å²) >= 11 is 0. The number of carboxylic acids is 1. The molecule has 0 aliphatic heterocycles. The van der Waals surface area contributed by atoms with Crippen molar-refractivity contribution in [2.75, 3.05) is 6.61 Å². The summed E-state index contributed by atoms with van der Waals surface area (Å²) in [6.07, 6.45) is -0.0655. The Morgan fingerprint density at radius 1 is 1.18 bits per heavy atom. The minimum atomic E-state index is -1.97. The average molecular weight is 244 g/mol. The molecule has 0 heterocycles. The summed E-state index contributed by atoms with van der Waals surface area (Å²) in [5.74, 6) is -2.76. The normalized spacial score (nSPS) is 15.1. The van der Waals surface area contributed by atoms with Crippen LogP contribution in [0.4, 0.5) is 0 Å². The smallest absolute Gasteiger partial charge is 0.324 e. The van der Waals surface area contributed by atoms with Crippen molar-refractivity contribution >= 4 is 17.5 Å². The monoisotopic (exact) mass is 244 g/mol. The molecular formula is C12H20O5. The van der Waals surface area contributed by atoms with Crippen LogP contribution in [0.3, 0.4) is 0 Å². The van der Waals surface area contributed by atoms with Crippen LogP contribution in [0.5, 0.6) is 0 Å². The molecule has 1 atom stereocenters. The summed E-state index contributed by atoms with van der Waals surface area (Å²) in [6, 6.07) is 0. The summed E-state index contributed by atoms with van der Waals surface area (Å²) in [5.41, 5.74) is -2.52. The van der Waals surface area contributed by atoms with Crippen molar-refractivity contribution in [1.82, 2.24) is 0 Å². The molecule has 0 spiro atoms. The molecule has 0 bridgehead atoms. The third-order valence-electron chi connectivity index (χ3n) is 2.61. The predicted octanol–water partition coefficient (Wildman–Crippen LogP) is 1.44. The van der Waals surface area contributed by atoms with E-state index in [9.17, 15) is 14.4 Å². The van der Waals surface area contributed by atoms with E-state index in [4.69, 9.17) is 9.84 Å². The zero-order valence-electron chi connectivity index (χ0n) is 11.0. The topological polar surface area (TPSA) is 80.7 Å². The largest absolute Gasteiger partial charge is 0.480 e. The minimum Gasteiger partial charge on any atom is -0.480 e. The molecule has 17 heavy (non-hydrogen) atoms. The van der Waals surface area contributed by atoms with Gasteiger partial charge in [0.25, 0.3) is 0 Å². The van der Waals surface area contributed by atoms with Gasteiger partial charge in [0.2, 0.25) is 0 Å². The highest BCUT2D eigenvalue weighted by atomic mass is 16.5. The van der Waals surface area contributed by atoms with E-state index in [1.165, 1.54) is 6.92 Å². The SMILES string of the molecule is CCC(C(C)=O)(C(=O)O)C(=O)COC(C)(C)C. The van der Waals surface area contributed by atoms with Gasteiger partial charge in [-0.05, 0) is 34.1 Å². The van der Waals surface area contributed by atoms with Crippen LogP contribution in [0.15, 0.2) is 0 Å². The molecule has 5 heteroatoms. The van der Waals surface area contributed by atoms with Crippen molar-refractivity contribution in [3.8, 4) is 0 Å². The molecule has 0 saturated carbocycles. The average Bonchev–Trinajstić information content (AvgIpc) is 2.14. The van der Waals surface area contributed by atoms with Gasteiger partial charge in [-0.15, -0.1) is 0 Å². The first-order valence-corrected chi connectivity index (χ1v) is 5.49. The van der Waals surface area contributed by atoms with E-state index in [0.29, 0.717) is 0 Å². The lowest BCUT2D eigenvalue weighted by Gasteiger charge is -2.26. The first-order chi connectivity index (χ1) is 7.58. The van der Waals surface area contributed by atoms with E-state index in [-0.39, 0.29) is 13.0 Å². The first kappa shape index (κ1) is 15.8. The Hall–Kier alpha value is -1.23. The first-order valence-electron chi connectivity index (χ1n) is 5.49. The van der Waals surface area contributed by atoms with Crippen LogP contribution in [-0.2, 0) is 19.1 Å². The number of hydrogen-bond donors (Lipinski definition) is 1. The van der Waals surface area contributed by atoms with Gasteiger partial charge in [-0.25, -0.2) is 0 Å². The lowest BCUT2D eigenvalue weighted by atomic mass is 9.77. The fraction of sp³-hybridized carbons (Fsp3) is 0.750. The third kappa shape index (κ3) is 3.63. The van der Waals surface area contributed by atoms with Gasteiger partial charge < -0.3 is 9.84 Å². The number of Topliss-reactive ketones (excluding diaryl/α,β-unsaturated/α-hetero) is 2. The van der Waals surface area contributed by atoms with Crippen LogP contribution in [0, 0.1) is 5.41 Å². The summed E-state index contributed by atoms with van der Waals surface area (Å²) in [6.45, 7) is 7.51. The molecule has 1 N–H and O–H groups in total. The zero-order chi connectivity index (χ0) is 13.9. The molecule has 0 aliphatic carbocycles. The van der Waals surface area contributed by atoms with Crippen molar-refractivity contribution in [2.24, 2.45) is 5.41 Å². The van der Waals surface area contributed by atoms with E-state index >= 15 is 0 Å². The Kier molecular flexibility index (Phi) is 5.01. The van der Waals surface area contributed by atoms with Gasteiger partial charge in [0.05, 0.1) is 5.60 Å². The number of ketones is 2. The summed E-state index contributed by atoms with van der Waals surface area (Å²) < 4.78 is 5.23. The second-order valence-electron chi connectivity index (χ2n) is 4.94. The standard InChI is InChI=1S/C12H20O5/c1-6-12(8(2)13,10(15)16)9(14)7-17-11(3,4)5/h6-7H2,1-5H3,(H,15,16). The van der Waals surface area contributed by atoms with Gasteiger partial charge in [-0.2, -0.15) is 0 Å². The van der Waals surface area contributed by atoms with Crippen molar-refractivity contribution in [3.05, 3.63) is 0 Å². The molecule has 0 fully saturated rings. The Morgan fingerprint density at radius 3 is 1.88 bits per heavy atom. The van der Waals surface area contributed by atoms with Gasteiger partial charge in [-0.1, -0.05) is 6.92 Å². The number of carbonyl (C=O) groups excluding carboxylic acids is 2. The molecule has 5 nitrogen and oxygen atoms in total. The van der Waals surface area contributed by atoms with Gasteiger partial charge in [0.1, 0.15) is 6.61 Å². The van der Waals surface area contributed by atoms with Crippen LogP contribution >= 0.6 is 0 Å². The van der Waals surface area contributed by atoms with Gasteiger partial charge in [0.15, 0.2) is 17.0 Å².